The Labute approximate surface area is 109 Å². The molecule has 0 aliphatic heterocycles. The van der Waals surface area contributed by atoms with Crippen LogP contribution in [0.25, 0.3) is 0 Å². The van der Waals surface area contributed by atoms with Crippen molar-refractivity contribution in [3.8, 4) is 11.5 Å². The maximum absolute atomic E-state index is 5.86. The maximum atomic E-state index is 5.86. The van der Waals surface area contributed by atoms with Gasteiger partial charge in [0, 0.05) is 0 Å². The van der Waals surface area contributed by atoms with Crippen LogP contribution >= 0.6 is 0 Å². The Hall–Kier alpha value is -1.76. The minimum absolute atomic E-state index is 0.191. The van der Waals surface area contributed by atoms with Gasteiger partial charge in [0.25, 0.3) is 0 Å². The van der Waals surface area contributed by atoms with Crippen molar-refractivity contribution in [1.82, 2.24) is 0 Å². The van der Waals surface area contributed by atoms with Crippen molar-refractivity contribution in [2.75, 3.05) is 0 Å². The Morgan fingerprint density at radius 3 is 2.22 bits per heavy atom. The molecule has 94 valence electrons. The standard InChI is InChI=1S/C17H20O/c1-4-17(2,3)14-9-8-12-16(13-14)18-15-10-6-5-7-11-15/h5-13H,4H2,1-3H3. The monoisotopic (exact) mass is 240 g/mol. The van der Waals surface area contributed by atoms with Crippen molar-refractivity contribution in [3.63, 3.8) is 0 Å². The number of rotatable bonds is 4. The van der Waals surface area contributed by atoms with Crippen molar-refractivity contribution < 1.29 is 4.74 Å². The second kappa shape index (κ2) is 5.26. The number of hydrogen-bond acceptors (Lipinski definition) is 1. The molecule has 0 spiro atoms. The van der Waals surface area contributed by atoms with E-state index in [9.17, 15) is 0 Å². The van der Waals surface area contributed by atoms with Gasteiger partial charge in [0.2, 0.25) is 0 Å². The number of hydrogen-bond donors (Lipinski definition) is 0. The van der Waals surface area contributed by atoms with Gasteiger partial charge in [-0.15, -0.1) is 0 Å². The Morgan fingerprint density at radius 1 is 0.889 bits per heavy atom. The molecule has 2 rings (SSSR count). The van der Waals surface area contributed by atoms with Crippen LogP contribution in [0.3, 0.4) is 0 Å². The molecule has 0 atom stereocenters. The lowest BCUT2D eigenvalue weighted by molar-refractivity contribution is 0.471. The van der Waals surface area contributed by atoms with E-state index in [0.29, 0.717) is 0 Å². The van der Waals surface area contributed by atoms with Crippen molar-refractivity contribution in [3.05, 3.63) is 60.2 Å². The number of ether oxygens (including phenoxy) is 1. The predicted molar refractivity (Wildman–Crippen MR) is 76.3 cm³/mol. The van der Waals surface area contributed by atoms with Crippen molar-refractivity contribution >= 4 is 0 Å². The van der Waals surface area contributed by atoms with Crippen LogP contribution in [-0.2, 0) is 5.41 Å². The Bertz CT molecular complexity index is 500. The first-order valence-electron chi connectivity index (χ1n) is 6.45. The average molecular weight is 240 g/mol. The van der Waals surface area contributed by atoms with Gasteiger partial charge in [-0.25, -0.2) is 0 Å². The van der Waals surface area contributed by atoms with Crippen LogP contribution in [0.4, 0.5) is 0 Å². The molecular weight excluding hydrogens is 220 g/mol. The van der Waals surface area contributed by atoms with Gasteiger partial charge in [-0.05, 0) is 41.7 Å². The van der Waals surface area contributed by atoms with Gasteiger partial charge in [0.15, 0.2) is 0 Å². The van der Waals surface area contributed by atoms with Gasteiger partial charge < -0.3 is 4.74 Å². The third kappa shape index (κ3) is 2.92. The van der Waals surface area contributed by atoms with E-state index in [1.165, 1.54) is 5.56 Å². The fourth-order valence-corrected chi connectivity index (χ4v) is 1.81. The van der Waals surface area contributed by atoms with Crippen LogP contribution in [0.5, 0.6) is 11.5 Å². The first-order chi connectivity index (χ1) is 8.62. The summed E-state index contributed by atoms with van der Waals surface area (Å²) in [5.74, 6) is 1.78. The van der Waals surface area contributed by atoms with Crippen LogP contribution in [0.1, 0.15) is 32.8 Å². The second-order valence-electron chi connectivity index (χ2n) is 5.18. The summed E-state index contributed by atoms with van der Waals surface area (Å²) in [6, 6.07) is 18.3. The first kappa shape index (κ1) is 12.7. The quantitative estimate of drug-likeness (QED) is 0.716. The maximum Gasteiger partial charge on any atom is 0.127 e. The summed E-state index contributed by atoms with van der Waals surface area (Å²) >= 11 is 0. The zero-order valence-electron chi connectivity index (χ0n) is 11.3. The van der Waals surface area contributed by atoms with E-state index in [4.69, 9.17) is 4.74 Å². The van der Waals surface area contributed by atoms with E-state index < -0.39 is 0 Å². The molecule has 2 aromatic rings. The van der Waals surface area contributed by atoms with E-state index in [0.717, 1.165) is 17.9 Å². The highest BCUT2D eigenvalue weighted by Crippen LogP contribution is 2.30. The van der Waals surface area contributed by atoms with Gasteiger partial charge in [-0.3, -0.25) is 0 Å². The third-order valence-electron chi connectivity index (χ3n) is 3.48. The smallest absolute Gasteiger partial charge is 0.127 e. The number of para-hydroxylation sites is 1. The topological polar surface area (TPSA) is 9.23 Å². The average Bonchev–Trinajstić information content (AvgIpc) is 2.40. The summed E-state index contributed by atoms with van der Waals surface area (Å²) in [6.45, 7) is 6.73. The van der Waals surface area contributed by atoms with Crippen molar-refractivity contribution in [1.29, 1.82) is 0 Å². The lowest BCUT2D eigenvalue weighted by Gasteiger charge is -2.23. The summed E-state index contributed by atoms with van der Waals surface area (Å²) in [5.41, 5.74) is 1.51. The molecule has 0 N–H and O–H groups in total. The van der Waals surface area contributed by atoms with Crippen LogP contribution in [0, 0.1) is 0 Å². The van der Waals surface area contributed by atoms with Crippen molar-refractivity contribution in [2.45, 2.75) is 32.6 Å². The molecule has 1 heteroatoms. The van der Waals surface area contributed by atoms with Crippen LogP contribution in [0.15, 0.2) is 54.6 Å². The summed E-state index contributed by atoms with van der Waals surface area (Å²) in [6.07, 6.45) is 1.11. The Balaban J connectivity index is 2.23. The minimum Gasteiger partial charge on any atom is -0.457 e. The lowest BCUT2D eigenvalue weighted by atomic mass is 9.82. The Kier molecular flexibility index (Phi) is 3.71. The molecule has 0 fully saturated rings. The van der Waals surface area contributed by atoms with Gasteiger partial charge in [-0.1, -0.05) is 51.1 Å². The molecule has 0 heterocycles. The summed E-state index contributed by atoms with van der Waals surface area (Å²) in [7, 11) is 0. The molecule has 0 amide bonds. The van der Waals surface area contributed by atoms with Crippen LogP contribution in [0.2, 0.25) is 0 Å². The fraction of sp³-hybridized carbons (Fsp3) is 0.294. The fourth-order valence-electron chi connectivity index (χ4n) is 1.81. The number of benzene rings is 2. The van der Waals surface area contributed by atoms with E-state index in [1.54, 1.807) is 0 Å². The zero-order chi connectivity index (χ0) is 13.0. The van der Waals surface area contributed by atoms with Crippen molar-refractivity contribution in [2.24, 2.45) is 0 Å². The van der Waals surface area contributed by atoms with Gasteiger partial charge in [0.05, 0.1) is 0 Å². The zero-order valence-corrected chi connectivity index (χ0v) is 11.3. The molecule has 2 aromatic carbocycles. The van der Waals surface area contributed by atoms with Crippen LogP contribution < -0.4 is 4.74 Å². The highest BCUT2D eigenvalue weighted by Gasteiger charge is 2.18. The summed E-state index contributed by atoms with van der Waals surface area (Å²) < 4.78 is 5.86. The normalized spacial score (nSPS) is 11.3. The molecule has 0 bridgehead atoms. The summed E-state index contributed by atoms with van der Waals surface area (Å²) in [4.78, 5) is 0. The molecule has 18 heavy (non-hydrogen) atoms. The van der Waals surface area contributed by atoms with E-state index >= 15 is 0 Å². The molecule has 0 unspecified atom stereocenters. The molecule has 0 saturated carbocycles. The Morgan fingerprint density at radius 2 is 1.56 bits per heavy atom. The van der Waals surface area contributed by atoms with Gasteiger partial charge >= 0.3 is 0 Å². The largest absolute Gasteiger partial charge is 0.457 e. The highest BCUT2D eigenvalue weighted by molar-refractivity contribution is 5.36. The molecule has 1 nitrogen and oxygen atoms in total. The van der Waals surface area contributed by atoms with Crippen LogP contribution in [-0.4, -0.2) is 0 Å². The van der Waals surface area contributed by atoms with E-state index in [2.05, 4.69) is 39.0 Å². The first-order valence-corrected chi connectivity index (χ1v) is 6.45. The van der Waals surface area contributed by atoms with E-state index in [-0.39, 0.29) is 5.41 Å². The van der Waals surface area contributed by atoms with Gasteiger partial charge in [-0.2, -0.15) is 0 Å². The molecular formula is C17H20O. The second-order valence-corrected chi connectivity index (χ2v) is 5.18. The molecule has 0 saturated heterocycles. The molecule has 0 aliphatic rings. The van der Waals surface area contributed by atoms with E-state index in [1.807, 2.05) is 36.4 Å². The highest BCUT2D eigenvalue weighted by atomic mass is 16.5. The molecule has 0 radical (unpaired) electrons. The lowest BCUT2D eigenvalue weighted by Crippen LogP contribution is -2.15. The third-order valence-corrected chi connectivity index (χ3v) is 3.48. The predicted octanol–water partition coefficient (Wildman–Crippen LogP) is 5.17. The minimum atomic E-state index is 0.191. The van der Waals surface area contributed by atoms with Gasteiger partial charge in [0.1, 0.15) is 11.5 Å². The SMILES string of the molecule is CCC(C)(C)c1cccc(Oc2ccccc2)c1. The molecule has 0 aromatic heterocycles. The summed E-state index contributed by atoms with van der Waals surface area (Å²) in [5, 5.41) is 0. The molecule has 0 aliphatic carbocycles.